The van der Waals surface area contributed by atoms with Crippen LogP contribution in [0.5, 0.6) is 11.5 Å². The number of hydrogen-bond donors (Lipinski definition) is 2. The van der Waals surface area contributed by atoms with Gasteiger partial charge in [-0.15, -0.1) is 0 Å². The zero-order valence-corrected chi connectivity index (χ0v) is 35.9. The second-order valence-corrected chi connectivity index (χ2v) is 18.7. The number of benzene rings is 2. The van der Waals surface area contributed by atoms with Gasteiger partial charge in [0.1, 0.15) is 17.1 Å². The van der Waals surface area contributed by atoms with Crippen molar-refractivity contribution in [1.29, 1.82) is 0 Å². The number of carbonyl (C=O) groups excluding carboxylic acids is 1. The molecule has 296 valence electrons. The largest absolute Gasteiger partial charge is 0.507 e. The number of esters is 1. The first-order valence-electron chi connectivity index (χ1n) is 21.2. The van der Waals surface area contributed by atoms with Crippen molar-refractivity contribution >= 4 is 5.97 Å². The van der Waals surface area contributed by atoms with Crippen molar-refractivity contribution in [3.63, 3.8) is 0 Å². The minimum Gasteiger partial charge on any atom is -0.507 e. The molecule has 0 aliphatic rings. The van der Waals surface area contributed by atoms with Gasteiger partial charge in [-0.25, -0.2) is 0 Å². The summed E-state index contributed by atoms with van der Waals surface area (Å²) in [6.45, 7) is 25.5. The molecular formula is C48H80O4. The fraction of sp³-hybridized carbons (Fsp3) is 0.729. The van der Waals surface area contributed by atoms with Crippen LogP contribution in [0.4, 0.5) is 0 Å². The average molecular weight is 721 g/mol. The lowest BCUT2D eigenvalue weighted by molar-refractivity contribution is -0.170. The molecule has 0 amide bonds. The van der Waals surface area contributed by atoms with Gasteiger partial charge in [0.25, 0.3) is 0 Å². The molecule has 2 N–H and O–H groups in total. The smallest absolute Gasteiger partial charge is 0.306 e. The van der Waals surface area contributed by atoms with E-state index in [-0.39, 0.29) is 28.6 Å². The Kier molecular flexibility index (Phi) is 18.8. The van der Waals surface area contributed by atoms with Crippen molar-refractivity contribution in [3.8, 4) is 11.5 Å². The third-order valence-corrected chi connectivity index (χ3v) is 11.7. The third-order valence-electron chi connectivity index (χ3n) is 11.7. The number of phenols is 2. The highest BCUT2D eigenvalue weighted by molar-refractivity contribution is 5.70. The van der Waals surface area contributed by atoms with E-state index in [0.29, 0.717) is 17.9 Å². The topological polar surface area (TPSA) is 66.8 Å². The first-order chi connectivity index (χ1) is 24.3. The highest BCUT2D eigenvalue weighted by Gasteiger charge is 2.41. The number of ether oxygens (including phenoxy) is 1. The summed E-state index contributed by atoms with van der Waals surface area (Å²) in [5.74, 6) is 0.694. The number of unbranched alkanes of at least 4 members (excludes halogenated alkanes) is 14. The van der Waals surface area contributed by atoms with E-state index in [0.717, 1.165) is 59.1 Å². The highest BCUT2D eigenvalue weighted by Crippen LogP contribution is 2.40. The molecule has 0 aliphatic heterocycles. The molecule has 0 aromatic heterocycles. The summed E-state index contributed by atoms with van der Waals surface area (Å²) in [7, 11) is 0. The van der Waals surface area contributed by atoms with Gasteiger partial charge >= 0.3 is 5.97 Å². The van der Waals surface area contributed by atoms with Crippen LogP contribution in [-0.2, 0) is 33.2 Å². The van der Waals surface area contributed by atoms with Gasteiger partial charge in [-0.05, 0) is 96.1 Å². The fourth-order valence-corrected chi connectivity index (χ4v) is 7.82. The Bertz CT molecular complexity index is 1280. The maximum atomic E-state index is 13.6. The normalized spacial score (nSPS) is 14.6. The lowest BCUT2D eigenvalue weighted by Gasteiger charge is -2.41. The van der Waals surface area contributed by atoms with Crippen molar-refractivity contribution in [2.24, 2.45) is 11.8 Å². The number of phenolic OH excluding ortho intramolecular Hbond substituents is 2. The van der Waals surface area contributed by atoms with Gasteiger partial charge in [-0.1, -0.05) is 176 Å². The SMILES string of the molecule is CCCCCCCCCCCCCCCCCC(=O)OC(C)(C(C)Cc1cc(C)c(O)c(C(C)(C)C)c1)C(C)Cc1cc(C)c(O)c(C(C)(C)C)c1. The second-order valence-electron chi connectivity index (χ2n) is 18.7. The standard InChI is InChI=1S/C48H80O4/c1-13-14-15-16-17-18-19-20-21-22-23-24-25-26-27-28-43(49)52-48(12,37(4)31-39-29-35(2)44(50)41(33-39)46(6,7)8)38(5)32-40-30-36(3)45(51)42(34-40)47(9,10)11/h29-30,33-34,37-38,50-51H,13-28,31-32H2,1-12H3. The minimum absolute atomic E-state index is 0.0320. The zero-order valence-electron chi connectivity index (χ0n) is 35.9. The predicted molar refractivity (Wildman–Crippen MR) is 223 cm³/mol. The molecule has 0 fully saturated rings. The first-order valence-corrected chi connectivity index (χ1v) is 21.2. The van der Waals surface area contributed by atoms with Crippen LogP contribution in [0.15, 0.2) is 24.3 Å². The molecule has 52 heavy (non-hydrogen) atoms. The number of aryl methyl sites for hydroxylation is 2. The van der Waals surface area contributed by atoms with Crippen LogP contribution in [0.3, 0.4) is 0 Å². The monoisotopic (exact) mass is 721 g/mol. The molecule has 0 saturated carbocycles. The van der Waals surface area contributed by atoms with E-state index in [1.165, 1.54) is 83.5 Å². The van der Waals surface area contributed by atoms with E-state index >= 15 is 0 Å². The molecule has 4 nitrogen and oxygen atoms in total. The molecule has 2 atom stereocenters. The van der Waals surface area contributed by atoms with Crippen LogP contribution in [-0.4, -0.2) is 21.8 Å². The highest BCUT2D eigenvalue weighted by atomic mass is 16.6. The number of aromatic hydroxyl groups is 2. The Balaban J connectivity index is 2.07. The second kappa shape index (κ2) is 21.4. The van der Waals surface area contributed by atoms with Gasteiger partial charge in [0.05, 0.1) is 0 Å². The summed E-state index contributed by atoms with van der Waals surface area (Å²) in [4.78, 5) is 13.6. The van der Waals surface area contributed by atoms with E-state index in [2.05, 4.69) is 93.5 Å². The molecule has 0 radical (unpaired) electrons. The third kappa shape index (κ3) is 14.7. The van der Waals surface area contributed by atoms with Gasteiger partial charge < -0.3 is 14.9 Å². The Morgan fingerprint density at radius 1 is 0.577 bits per heavy atom. The Hall–Kier alpha value is -2.49. The Morgan fingerprint density at radius 3 is 1.23 bits per heavy atom. The van der Waals surface area contributed by atoms with Crippen LogP contribution < -0.4 is 0 Å². The Morgan fingerprint density at radius 2 is 0.904 bits per heavy atom. The van der Waals surface area contributed by atoms with Crippen molar-refractivity contribution < 1.29 is 19.7 Å². The molecule has 2 unspecified atom stereocenters. The molecule has 4 heteroatoms. The van der Waals surface area contributed by atoms with Crippen molar-refractivity contribution in [2.75, 3.05) is 0 Å². The average Bonchev–Trinajstić information content (AvgIpc) is 3.04. The molecule has 0 saturated heterocycles. The van der Waals surface area contributed by atoms with E-state index in [1.807, 2.05) is 13.8 Å². The van der Waals surface area contributed by atoms with Gasteiger partial charge in [0.15, 0.2) is 0 Å². The van der Waals surface area contributed by atoms with E-state index < -0.39 is 5.60 Å². The molecule has 0 heterocycles. The summed E-state index contributed by atoms with van der Waals surface area (Å²) in [5, 5.41) is 21.8. The van der Waals surface area contributed by atoms with Crippen LogP contribution >= 0.6 is 0 Å². The predicted octanol–water partition coefficient (Wildman–Crippen LogP) is 13.9. The number of carbonyl (C=O) groups is 1. The van der Waals surface area contributed by atoms with Crippen LogP contribution in [0, 0.1) is 25.7 Å². The van der Waals surface area contributed by atoms with Crippen LogP contribution in [0.1, 0.15) is 205 Å². The molecule has 0 aliphatic carbocycles. The van der Waals surface area contributed by atoms with Gasteiger partial charge in [0, 0.05) is 6.42 Å². The van der Waals surface area contributed by atoms with Crippen LogP contribution in [0.25, 0.3) is 0 Å². The number of rotatable bonds is 23. The van der Waals surface area contributed by atoms with Crippen molar-refractivity contribution in [3.05, 3.63) is 57.6 Å². The molecular weight excluding hydrogens is 641 g/mol. The fourth-order valence-electron chi connectivity index (χ4n) is 7.82. The molecule has 2 rings (SSSR count). The minimum atomic E-state index is -0.714. The van der Waals surface area contributed by atoms with E-state index in [1.54, 1.807) is 0 Å². The van der Waals surface area contributed by atoms with Crippen molar-refractivity contribution in [2.45, 2.75) is 215 Å². The maximum absolute atomic E-state index is 13.6. The number of hydrogen-bond acceptors (Lipinski definition) is 4. The summed E-state index contributed by atoms with van der Waals surface area (Å²) >= 11 is 0. The van der Waals surface area contributed by atoms with Gasteiger partial charge in [0.2, 0.25) is 0 Å². The van der Waals surface area contributed by atoms with Crippen LogP contribution in [0.2, 0.25) is 0 Å². The lowest BCUT2D eigenvalue weighted by atomic mass is 9.73. The summed E-state index contributed by atoms with van der Waals surface area (Å²) < 4.78 is 6.59. The summed E-state index contributed by atoms with van der Waals surface area (Å²) in [5.41, 5.74) is 4.87. The van der Waals surface area contributed by atoms with Gasteiger partial charge in [-0.3, -0.25) is 4.79 Å². The van der Waals surface area contributed by atoms with Gasteiger partial charge in [-0.2, -0.15) is 0 Å². The quantitative estimate of drug-likeness (QED) is 0.0886. The van der Waals surface area contributed by atoms with E-state index in [9.17, 15) is 15.0 Å². The van der Waals surface area contributed by atoms with E-state index in [4.69, 9.17) is 4.74 Å². The molecule has 0 bridgehead atoms. The summed E-state index contributed by atoms with van der Waals surface area (Å²) in [6, 6.07) is 8.45. The van der Waals surface area contributed by atoms with Crippen molar-refractivity contribution in [1.82, 2.24) is 0 Å². The summed E-state index contributed by atoms with van der Waals surface area (Å²) in [6.07, 6.45) is 21.4. The molecule has 2 aromatic carbocycles. The Labute approximate surface area is 320 Å². The molecule has 2 aromatic rings. The first kappa shape index (κ1) is 45.7. The lowest BCUT2D eigenvalue weighted by Crippen LogP contribution is -2.46. The zero-order chi connectivity index (χ0) is 39.1. The molecule has 0 spiro atoms. The maximum Gasteiger partial charge on any atom is 0.306 e.